The third kappa shape index (κ3) is 3.77. The molecule has 116 valence electrons. The number of carbonyl (C=O) groups is 1. The highest BCUT2D eigenvalue weighted by Crippen LogP contribution is 2.33. The molecule has 1 atom stereocenters. The standard InChI is InChI=1S/C16H22BrNO3/c1-3-16(4-2)10-12(7-8-21-16)18-11-5-6-13(15(19)20)14(17)9-11/h5-6,9,12,18H,3-4,7-8,10H2,1-2H3,(H,19,20). The predicted molar refractivity (Wildman–Crippen MR) is 87.0 cm³/mol. The maximum atomic E-state index is 11.0. The smallest absolute Gasteiger partial charge is 0.336 e. The zero-order valence-corrected chi connectivity index (χ0v) is 14.1. The molecule has 5 heteroatoms. The Labute approximate surface area is 134 Å². The molecular weight excluding hydrogens is 334 g/mol. The first-order chi connectivity index (χ1) is 9.99. The minimum atomic E-state index is -0.921. The van der Waals surface area contributed by atoms with E-state index in [-0.39, 0.29) is 11.2 Å². The molecule has 2 rings (SSSR count). The van der Waals surface area contributed by atoms with Crippen LogP contribution in [0.1, 0.15) is 49.9 Å². The van der Waals surface area contributed by atoms with E-state index in [9.17, 15) is 4.79 Å². The number of nitrogens with one attached hydrogen (secondary N) is 1. The highest BCUT2D eigenvalue weighted by Gasteiger charge is 2.34. The number of ether oxygens (including phenoxy) is 1. The molecule has 1 aliphatic rings. The highest BCUT2D eigenvalue weighted by atomic mass is 79.9. The zero-order valence-electron chi connectivity index (χ0n) is 12.5. The fraction of sp³-hybridized carbons (Fsp3) is 0.562. The van der Waals surface area contributed by atoms with Gasteiger partial charge in [-0.3, -0.25) is 0 Å². The van der Waals surface area contributed by atoms with Crippen molar-refractivity contribution in [1.82, 2.24) is 0 Å². The van der Waals surface area contributed by atoms with Gasteiger partial charge in [0, 0.05) is 22.8 Å². The number of aromatic carboxylic acids is 1. The Morgan fingerprint density at radius 2 is 2.19 bits per heavy atom. The van der Waals surface area contributed by atoms with Gasteiger partial charge in [0.2, 0.25) is 0 Å². The lowest BCUT2D eigenvalue weighted by Gasteiger charge is -2.40. The first-order valence-electron chi connectivity index (χ1n) is 7.43. The molecule has 0 spiro atoms. The van der Waals surface area contributed by atoms with Crippen molar-refractivity contribution >= 4 is 27.6 Å². The number of carboxylic acids is 1. The number of anilines is 1. The van der Waals surface area contributed by atoms with E-state index in [1.165, 1.54) is 0 Å². The van der Waals surface area contributed by atoms with Crippen molar-refractivity contribution in [3.63, 3.8) is 0 Å². The number of rotatable bonds is 5. The van der Waals surface area contributed by atoms with Crippen molar-refractivity contribution in [3.05, 3.63) is 28.2 Å². The van der Waals surface area contributed by atoms with Gasteiger partial charge in [0.1, 0.15) is 0 Å². The molecule has 0 saturated carbocycles. The molecule has 21 heavy (non-hydrogen) atoms. The summed E-state index contributed by atoms with van der Waals surface area (Å²) in [6, 6.07) is 5.64. The summed E-state index contributed by atoms with van der Waals surface area (Å²) in [6.07, 6.45) is 3.99. The normalized spacial score (nSPS) is 21.0. The summed E-state index contributed by atoms with van der Waals surface area (Å²) in [7, 11) is 0. The van der Waals surface area contributed by atoms with E-state index >= 15 is 0 Å². The van der Waals surface area contributed by atoms with Gasteiger partial charge >= 0.3 is 5.97 Å². The van der Waals surface area contributed by atoms with Crippen molar-refractivity contribution in [2.24, 2.45) is 0 Å². The lowest BCUT2D eigenvalue weighted by Crippen LogP contribution is -2.43. The first kappa shape index (κ1) is 16.3. The Kier molecular flexibility index (Phi) is 5.27. The molecule has 0 aliphatic carbocycles. The van der Waals surface area contributed by atoms with E-state index in [0.717, 1.165) is 38.0 Å². The van der Waals surface area contributed by atoms with Crippen LogP contribution in [0.2, 0.25) is 0 Å². The number of halogens is 1. The molecule has 0 aromatic heterocycles. The SMILES string of the molecule is CCC1(CC)CC(Nc2ccc(C(=O)O)c(Br)c2)CCO1. The van der Waals surface area contributed by atoms with E-state index in [1.54, 1.807) is 6.07 Å². The van der Waals surface area contributed by atoms with Crippen LogP contribution >= 0.6 is 15.9 Å². The van der Waals surface area contributed by atoms with Crippen LogP contribution in [0.4, 0.5) is 5.69 Å². The molecule has 1 unspecified atom stereocenters. The number of benzene rings is 1. The highest BCUT2D eigenvalue weighted by molar-refractivity contribution is 9.10. The Morgan fingerprint density at radius 3 is 2.76 bits per heavy atom. The summed E-state index contributed by atoms with van der Waals surface area (Å²) < 4.78 is 6.58. The van der Waals surface area contributed by atoms with Gasteiger partial charge in [0.05, 0.1) is 11.2 Å². The predicted octanol–water partition coefficient (Wildman–Crippen LogP) is 4.30. The molecular formula is C16H22BrNO3. The van der Waals surface area contributed by atoms with Gasteiger partial charge in [0.15, 0.2) is 0 Å². The number of hydrogen-bond acceptors (Lipinski definition) is 3. The summed E-state index contributed by atoms with van der Waals surface area (Å²) >= 11 is 3.32. The Balaban J connectivity index is 2.08. The van der Waals surface area contributed by atoms with Crippen molar-refractivity contribution in [2.45, 2.75) is 51.2 Å². The van der Waals surface area contributed by atoms with Gasteiger partial charge in [-0.05, 0) is 59.8 Å². The number of hydrogen-bond donors (Lipinski definition) is 2. The average molecular weight is 356 g/mol. The molecule has 0 radical (unpaired) electrons. The van der Waals surface area contributed by atoms with E-state index in [4.69, 9.17) is 9.84 Å². The lowest BCUT2D eigenvalue weighted by atomic mass is 9.86. The lowest BCUT2D eigenvalue weighted by molar-refractivity contribution is -0.0864. The largest absolute Gasteiger partial charge is 0.478 e. The molecule has 4 nitrogen and oxygen atoms in total. The molecule has 2 N–H and O–H groups in total. The van der Waals surface area contributed by atoms with Gasteiger partial charge in [-0.25, -0.2) is 4.79 Å². The molecule has 1 aliphatic heterocycles. The minimum absolute atomic E-state index is 0.0197. The van der Waals surface area contributed by atoms with Gasteiger partial charge in [0.25, 0.3) is 0 Å². The molecule has 1 aromatic carbocycles. The second-order valence-corrected chi connectivity index (χ2v) is 6.43. The van der Waals surface area contributed by atoms with Crippen molar-refractivity contribution < 1.29 is 14.6 Å². The van der Waals surface area contributed by atoms with Crippen molar-refractivity contribution in [1.29, 1.82) is 0 Å². The second kappa shape index (κ2) is 6.79. The summed E-state index contributed by atoms with van der Waals surface area (Å²) in [5.41, 5.74) is 1.21. The summed E-state index contributed by atoms with van der Waals surface area (Å²) in [5.74, 6) is -0.921. The Bertz CT molecular complexity index is 514. The Morgan fingerprint density at radius 1 is 1.48 bits per heavy atom. The van der Waals surface area contributed by atoms with Crippen LogP contribution in [-0.4, -0.2) is 29.3 Å². The molecule has 1 heterocycles. The monoisotopic (exact) mass is 355 g/mol. The maximum absolute atomic E-state index is 11.0. The quantitative estimate of drug-likeness (QED) is 0.826. The van der Waals surface area contributed by atoms with Crippen LogP contribution in [0.25, 0.3) is 0 Å². The summed E-state index contributed by atoms with van der Waals surface area (Å²) in [5, 5.41) is 12.6. The minimum Gasteiger partial charge on any atom is -0.478 e. The van der Waals surface area contributed by atoms with E-state index in [2.05, 4.69) is 35.1 Å². The third-order valence-electron chi connectivity index (χ3n) is 4.35. The second-order valence-electron chi connectivity index (χ2n) is 5.57. The van der Waals surface area contributed by atoms with Crippen LogP contribution in [0.15, 0.2) is 22.7 Å². The fourth-order valence-electron chi connectivity index (χ4n) is 2.91. The van der Waals surface area contributed by atoms with Crippen molar-refractivity contribution in [3.8, 4) is 0 Å². The van der Waals surface area contributed by atoms with Gasteiger partial charge in [-0.15, -0.1) is 0 Å². The molecule has 1 aromatic rings. The molecule has 1 saturated heterocycles. The van der Waals surface area contributed by atoms with Crippen LogP contribution in [0.5, 0.6) is 0 Å². The van der Waals surface area contributed by atoms with Crippen LogP contribution < -0.4 is 5.32 Å². The van der Waals surface area contributed by atoms with Crippen LogP contribution in [0.3, 0.4) is 0 Å². The molecule has 1 fully saturated rings. The van der Waals surface area contributed by atoms with E-state index in [0.29, 0.717) is 10.5 Å². The summed E-state index contributed by atoms with van der Waals surface area (Å²) in [4.78, 5) is 11.0. The fourth-order valence-corrected chi connectivity index (χ4v) is 3.46. The summed E-state index contributed by atoms with van der Waals surface area (Å²) in [6.45, 7) is 5.11. The third-order valence-corrected chi connectivity index (χ3v) is 5.01. The Hall–Kier alpha value is -1.07. The van der Waals surface area contributed by atoms with Crippen LogP contribution in [-0.2, 0) is 4.74 Å². The van der Waals surface area contributed by atoms with E-state index < -0.39 is 5.97 Å². The van der Waals surface area contributed by atoms with Crippen LogP contribution in [0, 0.1) is 0 Å². The topological polar surface area (TPSA) is 58.6 Å². The number of carboxylic acid groups (broad SMARTS) is 1. The van der Waals surface area contributed by atoms with Gasteiger partial charge in [-0.2, -0.15) is 0 Å². The van der Waals surface area contributed by atoms with Gasteiger partial charge < -0.3 is 15.2 Å². The first-order valence-corrected chi connectivity index (χ1v) is 8.22. The molecule has 0 bridgehead atoms. The maximum Gasteiger partial charge on any atom is 0.336 e. The van der Waals surface area contributed by atoms with E-state index in [1.807, 2.05) is 12.1 Å². The molecule has 0 amide bonds. The van der Waals surface area contributed by atoms with Gasteiger partial charge in [-0.1, -0.05) is 13.8 Å². The van der Waals surface area contributed by atoms with Crippen molar-refractivity contribution in [2.75, 3.05) is 11.9 Å². The zero-order chi connectivity index (χ0) is 15.5. The average Bonchev–Trinajstić information content (AvgIpc) is 2.47.